The van der Waals surface area contributed by atoms with Gasteiger partial charge in [-0.05, 0) is 50.5 Å². The Balaban J connectivity index is 2.33. The molecule has 2 aromatic carbocycles. The minimum Gasteiger partial charge on any atom is -0.404 e. The summed E-state index contributed by atoms with van der Waals surface area (Å²) in [5.74, 6) is -0.817. The lowest BCUT2D eigenvalue weighted by atomic mass is 10.2. The van der Waals surface area contributed by atoms with Crippen LogP contribution >= 0.6 is 7.75 Å². The van der Waals surface area contributed by atoms with Crippen LogP contribution in [-0.2, 0) is 16.9 Å². The summed E-state index contributed by atoms with van der Waals surface area (Å²) in [4.78, 5) is 0. The predicted octanol–water partition coefficient (Wildman–Crippen LogP) is 5.85. The highest BCUT2D eigenvalue weighted by molar-refractivity contribution is 7.52. The summed E-state index contributed by atoms with van der Waals surface area (Å²) in [5, 5.41) is 0. The van der Waals surface area contributed by atoms with Gasteiger partial charge in [-0.25, -0.2) is 4.57 Å². The molecule has 11 heteroatoms. The van der Waals surface area contributed by atoms with E-state index in [0.717, 1.165) is 41.1 Å². The quantitative estimate of drug-likeness (QED) is 0.455. The van der Waals surface area contributed by atoms with E-state index < -0.39 is 42.7 Å². The number of halogens is 6. The molecule has 27 heavy (non-hydrogen) atoms. The summed E-state index contributed by atoms with van der Waals surface area (Å²) < 4.78 is 101. The zero-order valence-corrected chi connectivity index (χ0v) is 14.9. The van der Waals surface area contributed by atoms with Crippen LogP contribution < -0.4 is 9.05 Å². The number of hydrogen-bond acceptors (Lipinski definition) is 3. The lowest BCUT2D eigenvalue weighted by Crippen LogP contribution is -2.18. The van der Waals surface area contributed by atoms with Gasteiger partial charge in [-0.1, -0.05) is 12.1 Å². The summed E-state index contributed by atoms with van der Waals surface area (Å²) in [6, 6.07) is 7.16. The summed E-state index contributed by atoms with van der Waals surface area (Å²) in [6.07, 6.45) is -9.30. The van der Waals surface area contributed by atoms with E-state index in [1.165, 1.54) is 14.1 Å². The number of rotatable bonds is 5. The van der Waals surface area contributed by atoms with Gasteiger partial charge in [0.1, 0.15) is 11.5 Å². The molecule has 0 aliphatic carbocycles. The normalized spacial score (nSPS) is 12.9. The first kappa shape index (κ1) is 21.1. The van der Waals surface area contributed by atoms with Crippen LogP contribution in [0.5, 0.6) is 11.5 Å². The molecule has 0 aliphatic rings. The van der Waals surface area contributed by atoms with E-state index in [1.807, 2.05) is 0 Å². The van der Waals surface area contributed by atoms with Crippen LogP contribution in [0.1, 0.15) is 11.1 Å². The SMILES string of the molecule is CN(C)P(=O)(Oc1cccc(C(F)(F)F)c1)Oc1cccc(C(F)(F)F)c1. The monoisotopic (exact) mass is 413 g/mol. The molecule has 2 aromatic rings. The van der Waals surface area contributed by atoms with Gasteiger partial charge in [0.2, 0.25) is 0 Å². The van der Waals surface area contributed by atoms with E-state index in [1.54, 1.807) is 0 Å². The maximum absolute atomic E-state index is 12.9. The van der Waals surface area contributed by atoms with Gasteiger partial charge in [-0.3, -0.25) is 0 Å². The smallest absolute Gasteiger partial charge is 0.404 e. The van der Waals surface area contributed by atoms with Gasteiger partial charge < -0.3 is 9.05 Å². The molecule has 0 saturated heterocycles. The minimum absolute atomic E-state index is 0.408. The lowest BCUT2D eigenvalue weighted by molar-refractivity contribution is -0.138. The fourth-order valence-corrected chi connectivity index (χ4v) is 3.03. The molecule has 148 valence electrons. The second-order valence-corrected chi connectivity index (χ2v) is 7.65. The highest BCUT2D eigenvalue weighted by Gasteiger charge is 2.36. The van der Waals surface area contributed by atoms with Gasteiger partial charge in [0, 0.05) is 0 Å². The fraction of sp³-hybridized carbons (Fsp3) is 0.250. The van der Waals surface area contributed by atoms with E-state index in [0.29, 0.717) is 12.1 Å². The average Bonchev–Trinajstić information content (AvgIpc) is 2.53. The Bertz CT molecular complexity index is 787. The molecule has 0 aliphatic heterocycles. The average molecular weight is 413 g/mol. The van der Waals surface area contributed by atoms with E-state index in [-0.39, 0.29) is 0 Å². The number of benzene rings is 2. The van der Waals surface area contributed by atoms with E-state index in [2.05, 4.69) is 0 Å². The summed E-state index contributed by atoms with van der Waals surface area (Å²) >= 11 is 0. The highest BCUT2D eigenvalue weighted by atomic mass is 31.2. The molecule has 0 amide bonds. The van der Waals surface area contributed by atoms with Crippen LogP contribution in [0.15, 0.2) is 48.5 Å². The van der Waals surface area contributed by atoms with Crippen molar-refractivity contribution in [2.45, 2.75) is 12.4 Å². The standard InChI is InChI=1S/C16H14F6NO3P/c1-23(2)27(24,25-13-7-3-5-11(9-13)15(17,18)19)26-14-8-4-6-12(10-14)16(20,21)22/h3-10H,1-2H3. The second kappa shape index (κ2) is 7.44. The Kier molecular flexibility index (Phi) is 5.82. The van der Waals surface area contributed by atoms with Crippen LogP contribution in [0.2, 0.25) is 0 Å². The lowest BCUT2D eigenvalue weighted by Gasteiger charge is -2.25. The molecule has 0 atom stereocenters. The zero-order chi connectivity index (χ0) is 20.5. The number of alkyl halides is 6. The Hall–Kier alpha value is -2.19. The Labute approximate surface area is 150 Å². The summed E-state index contributed by atoms with van der Waals surface area (Å²) in [6.45, 7) is 0. The van der Waals surface area contributed by atoms with Crippen molar-refractivity contribution in [2.75, 3.05) is 14.1 Å². The third kappa shape index (κ3) is 5.40. The zero-order valence-electron chi connectivity index (χ0n) is 14.0. The second-order valence-electron chi connectivity index (χ2n) is 5.55. The van der Waals surface area contributed by atoms with Crippen molar-refractivity contribution in [1.82, 2.24) is 4.67 Å². The maximum Gasteiger partial charge on any atom is 0.515 e. The summed E-state index contributed by atoms with van der Waals surface area (Å²) in [5.41, 5.74) is -2.08. The first-order valence-corrected chi connectivity index (χ1v) is 8.82. The van der Waals surface area contributed by atoms with Crippen molar-refractivity contribution in [3.05, 3.63) is 59.7 Å². The van der Waals surface area contributed by atoms with Crippen molar-refractivity contribution < 1.29 is 40.0 Å². The molecule has 0 saturated carbocycles. The van der Waals surface area contributed by atoms with Crippen molar-refractivity contribution >= 4 is 7.75 Å². The van der Waals surface area contributed by atoms with Crippen molar-refractivity contribution in [1.29, 1.82) is 0 Å². The minimum atomic E-state index is -4.65. The molecular formula is C16H14F6NO3P. The van der Waals surface area contributed by atoms with Crippen molar-refractivity contribution in [3.63, 3.8) is 0 Å². The summed E-state index contributed by atoms with van der Waals surface area (Å²) in [7, 11) is -1.78. The van der Waals surface area contributed by atoms with E-state index >= 15 is 0 Å². The van der Waals surface area contributed by atoms with Crippen molar-refractivity contribution in [2.24, 2.45) is 0 Å². The first-order valence-electron chi connectivity index (χ1n) is 7.33. The van der Waals surface area contributed by atoms with Gasteiger partial charge in [0.15, 0.2) is 0 Å². The third-order valence-corrected chi connectivity index (χ3v) is 5.12. The topological polar surface area (TPSA) is 38.8 Å². The van der Waals surface area contributed by atoms with Gasteiger partial charge in [-0.2, -0.15) is 31.0 Å². The molecule has 4 nitrogen and oxygen atoms in total. The molecule has 0 heterocycles. The molecule has 0 spiro atoms. The molecule has 0 unspecified atom stereocenters. The molecule has 0 bridgehead atoms. The predicted molar refractivity (Wildman–Crippen MR) is 85.4 cm³/mol. The van der Waals surface area contributed by atoms with Gasteiger partial charge >= 0.3 is 20.1 Å². The number of hydrogen-bond donors (Lipinski definition) is 0. The Morgan fingerprint density at radius 3 is 1.44 bits per heavy atom. The Morgan fingerprint density at radius 2 is 1.15 bits per heavy atom. The van der Waals surface area contributed by atoms with E-state index in [9.17, 15) is 30.9 Å². The molecule has 0 aromatic heterocycles. The highest BCUT2D eigenvalue weighted by Crippen LogP contribution is 2.51. The molecule has 2 rings (SSSR count). The first-order chi connectivity index (χ1) is 12.3. The van der Waals surface area contributed by atoms with Crippen molar-refractivity contribution in [3.8, 4) is 11.5 Å². The molecule has 0 fully saturated rings. The number of nitrogens with zero attached hydrogens (tertiary/aromatic N) is 1. The largest absolute Gasteiger partial charge is 0.515 e. The fourth-order valence-electron chi connectivity index (χ4n) is 1.91. The Morgan fingerprint density at radius 1 is 0.778 bits per heavy atom. The van der Waals surface area contributed by atoms with Gasteiger partial charge in [0.25, 0.3) is 0 Å². The van der Waals surface area contributed by atoms with Crippen LogP contribution in [0.3, 0.4) is 0 Å². The molecular weight excluding hydrogens is 399 g/mol. The maximum atomic E-state index is 12.9. The third-order valence-electron chi connectivity index (χ3n) is 3.25. The van der Waals surface area contributed by atoms with Gasteiger partial charge in [0.05, 0.1) is 11.1 Å². The van der Waals surface area contributed by atoms with Crippen LogP contribution in [0.25, 0.3) is 0 Å². The van der Waals surface area contributed by atoms with Gasteiger partial charge in [-0.15, -0.1) is 0 Å². The van der Waals surface area contributed by atoms with Crippen LogP contribution in [0, 0.1) is 0 Å². The van der Waals surface area contributed by atoms with Crippen LogP contribution in [0.4, 0.5) is 26.3 Å². The van der Waals surface area contributed by atoms with Crippen LogP contribution in [-0.4, -0.2) is 18.8 Å². The van der Waals surface area contributed by atoms with E-state index in [4.69, 9.17) is 9.05 Å². The molecule has 0 radical (unpaired) electrons. The molecule has 0 N–H and O–H groups in total.